The van der Waals surface area contributed by atoms with Gasteiger partial charge in [0, 0.05) is 13.1 Å². The lowest BCUT2D eigenvalue weighted by Gasteiger charge is -2.29. The highest BCUT2D eigenvalue weighted by molar-refractivity contribution is 6.35. The maximum Gasteiger partial charge on any atom is 0.278 e. The van der Waals surface area contributed by atoms with Crippen LogP contribution in [0.5, 0.6) is 5.75 Å². The third kappa shape index (κ3) is 3.72. The Labute approximate surface area is 177 Å². The van der Waals surface area contributed by atoms with Crippen molar-refractivity contribution in [2.24, 2.45) is 0 Å². The van der Waals surface area contributed by atoms with E-state index in [9.17, 15) is 9.59 Å². The zero-order valence-electron chi connectivity index (χ0n) is 17.9. The molecule has 0 saturated carbocycles. The SMILES string of the molecule is COc1ccc(CN2C(=O)C(c3ccc(C)c(C)c3)=C(N3CCCCC3)C2=O)cc1. The highest BCUT2D eigenvalue weighted by Gasteiger charge is 2.41. The van der Waals surface area contributed by atoms with Crippen LogP contribution < -0.4 is 4.74 Å². The van der Waals surface area contributed by atoms with Gasteiger partial charge in [-0.25, -0.2) is 0 Å². The number of aryl methyl sites for hydroxylation is 2. The van der Waals surface area contributed by atoms with Crippen LogP contribution in [-0.4, -0.2) is 41.8 Å². The first-order chi connectivity index (χ1) is 14.5. The number of piperidine rings is 1. The number of imide groups is 1. The zero-order valence-corrected chi connectivity index (χ0v) is 17.9. The molecule has 2 aromatic rings. The smallest absolute Gasteiger partial charge is 0.278 e. The zero-order chi connectivity index (χ0) is 21.3. The van der Waals surface area contributed by atoms with E-state index in [4.69, 9.17) is 4.74 Å². The van der Waals surface area contributed by atoms with Crippen LogP contribution in [0.15, 0.2) is 48.2 Å². The molecule has 156 valence electrons. The lowest BCUT2D eigenvalue weighted by Crippen LogP contribution is -2.36. The number of carbonyl (C=O) groups excluding carboxylic acids is 2. The van der Waals surface area contributed by atoms with Gasteiger partial charge in [-0.1, -0.05) is 30.3 Å². The number of benzene rings is 2. The number of methoxy groups -OCH3 is 1. The van der Waals surface area contributed by atoms with Crippen molar-refractivity contribution in [2.75, 3.05) is 20.2 Å². The van der Waals surface area contributed by atoms with Gasteiger partial charge in [-0.3, -0.25) is 14.5 Å². The van der Waals surface area contributed by atoms with Gasteiger partial charge in [0.25, 0.3) is 11.8 Å². The Morgan fingerprint density at radius 2 is 1.57 bits per heavy atom. The minimum absolute atomic E-state index is 0.189. The summed E-state index contributed by atoms with van der Waals surface area (Å²) >= 11 is 0. The van der Waals surface area contributed by atoms with Gasteiger partial charge in [-0.2, -0.15) is 0 Å². The Kier molecular flexibility index (Phi) is 5.62. The number of ether oxygens (including phenoxy) is 1. The molecule has 0 unspecified atom stereocenters. The van der Waals surface area contributed by atoms with Gasteiger partial charge < -0.3 is 9.64 Å². The minimum Gasteiger partial charge on any atom is -0.497 e. The topological polar surface area (TPSA) is 49.9 Å². The third-order valence-corrected chi connectivity index (χ3v) is 6.11. The van der Waals surface area contributed by atoms with E-state index < -0.39 is 0 Å². The minimum atomic E-state index is -0.209. The third-order valence-electron chi connectivity index (χ3n) is 6.11. The largest absolute Gasteiger partial charge is 0.497 e. The van der Waals surface area contributed by atoms with Gasteiger partial charge in [0.2, 0.25) is 0 Å². The van der Waals surface area contributed by atoms with Gasteiger partial charge in [0.15, 0.2) is 0 Å². The lowest BCUT2D eigenvalue weighted by atomic mass is 9.98. The van der Waals surface area contributed by atoms with Crippen molar-refractivity contribution in [3.05, 3.63) is 70.4 Å². The molecule has 2 aliphatic heterocycles. The van der Waals surface area contributed by atoms with E-state index in [0.717, 1.165) is 48.4 Å². The standard InChI is InChI=1S/C25H28N2O3/c1-17-7-10-20(15-18(17)2)22-23(26-13-5-4-6-14-26)25(29)27(24(22)28)16-19-8-11-21(30-3)12-9-19/h7-12,15H,4-6,13-14,16H2,1-3H3. The van der Waals surface area contributed by atoms with Crippen molar-refractivity contribution in [3.63, 3.8) is 0 Å². The molecule has 1 saturated heterocycles. The molecule has 0 atom stereocenters. The fourth-order valence-corrected chi connectivity index (χ4v) is 4.19. The lowest BCUT2D eigenvalue weighted by molar-refractivity contribution is -0.138. The Hall–Kier alpha value is -3.08. The van der Waals surface area contributed by atoms with Crippen LogP contribution in [0.25, 0.3) is 5.57 Å². The fourth-order valence-electron chi connectivity index (χ4n) is 4.19. The maximum absolute atomic E-state index is 13.5. The maximum atomic E-state index is 13.5. The number of likely N-dealkylation sites (tertiary alicyclic amines) is 1. The first-order valence-corrected chi connectivity index (χ1v) is 10.6. The average Bonchev–Trinajstić information content (AvgIpc) is 3.01. The summed E-state index contributed by atoms with van der Waals surface area (Å²) in [6, 6.07) is 13.5. The predicted octanol–water partition coefficient (Wildman–Crippen LogP) is 4.08. The van der Waals surface area contributed by atoms with Gasteiger partial charge >= 0.3 is 0 Å². The van der Waals surface area contributed by atoms with E-state index in [1.807, 2.05) is 49.4 Å². The molecule has 2 aromatic carbocycles. The summed E-state index contributed by atoms with van der Waals surface area (Å²) in [5.41, 5.74) is 5.12. The van der Waals surface area contributed by atoms with Crippen molar-refractivity contribution in [3.8, 4) is 5.75 Å². The molecule has 30 heavy (non-hydrogen) atoms. The molecule has 0 bridgehead atoms. The van der Waals surface area contributed by atoms with Gasteiger partial charge in [-0.05, 0) is 67.5 Å². The summed E-state index contributed by atoms with van der Waals surface area (Å²) in [5, 5.41) is 0. The molecule has 0 radical (unpaired) electrons. The van der Waals surface area contributed by atoms with Crippen LogP contribution in [0.2, 0.25) is 0 Å². The van der Waals surface area contributed by atoms with E-state index in [2.05, 4.69) is 11.8 Å². The molecule has 5 heteroatoms. The van der Waals surface area contributed by atoms with E-state index in [1.165, 1.54) is 16.9 Å². The van der Waals surface area contributed by atoms with Crippen LogP contribution >= 0.6 is 0 Å². The summed E-state index contributed by atoms with van der Waals surface area (Å²) in [6.45, 7) is 5.98. The number of carbonyl (C=O) groups is 2. The van der Waals surface area contributed by atoms with Gasteiger partial charge in [0.1, 0.15) is 11.4 Å². The first kappa shape index (κ1) is 20.2. The molecule has 5 nitrogen and oxygen atoms in total. The highest BCUT2D eigenvalue weighted by atomic mass is 16.5. The number of hydrogen-bond acceptors (Lipinski definition) is 4. The second kappa shape index (κ2) is 8.34. The van der Waals surface area contributed by atoms with E-state index in [0.29, 0.717) is 11.3 Å². The second-order valence-corrected chi connectivity index (χ2v) is 8.11. The fraction of sp³-hybridized carbons (Fsp3) is 0.360. The summed E-state index contributed by atoms with van der Waals surface area (Å²) < 4.78 is 5.21. The predicted molar refractivity (Wildman–Crippen MR) is 117 cm³/mol. The Balaban J connectivity index is 1.72. The van der Waals surface area contributed by atoms with E-state index >= 15 is 0 Å². The first-order valence-electron chi connectivity index (χ1n) is 10.6. The van der Waals surface area contributed by atoms with Gasteiger partial charge in [0.05, 0.1) is 19.2 Å². The Morgan fingerprint density at radius 3 is 2.20 bits per heavy atom. The van der Waals surface area contributed by atoms with E-state index in [1.54, 1.807) is 7.11 Å². The molecular formula is C25H28N2O3. The van der Waals surface area contributed by atoms with Crippen LogP contribution in [-0.2, 0) is 16.1 Å². The molecule has 2 heterocycles. The number of hydrogen-bond donors (Lipinski definition) is 0. The average molecular weight is 405 g/mol. The molecule has 4 rings (SSSR count). The number of rotatable bonds is 5. The Morgan fingerprint density at radius 1 is 0.867 bits per heavy atom. The molecule has 0 aromatic heterocycles. The summed E-state index contributed by atoms with van der Waals surface area (Å²) in [7, 11) is 1.62. The molecule has 0 aliphatic carbocycles. The molecular weight excluding hydrogens is 376 g/mol. The summed E-state index contributed by atoms with van der Waals surface area (Å²) in [4.78, 5) is 30.4. The van der Waals surface area contributed by atoms with Crippen molar-refractivity contribution < 1.29 is 14.3 Å². The molecule has 0 spiro atoms. The number of nitrogens with zero attached hydrogens (tertiary/aromatic N) is 2. The monoisotopic (exact) mass is 404 g/mol. The normalized spacial score (nSPS) is 17.2. The van der Waals surface area contributed by atoms with Crippen LogP contribution in [0.1, 0.15) is 41.5 Å². The quantitative estimate of drug-likeness (QED) is 0.705. The van der Waals surface area contributed by atoms with Crippen molar-refractivity contribution in [1.82, 2.24) is 9.80 Å². The summed E-state index contributed by atoms with van der Waals surface area (Å²) in [6.07, 6.45) is 3.26. The molecule has 0 N–H and O–H groups in total. The van der Waals surface area contributed by atoms with Crippen molar-refractivity contribution >= 4 is 17.4 Å². The summed E-state index contributed by atoms with van der Waals surface area (Å²) in [5.74, 6) is 0.353. The van der Waals surface area contributed by atoms with Crippen molar-refractivity contribution in [1.29, 1.82) is 0 Å². The molecule has 1 fully saturated rings. The van der Waals surface area contributed by atoms with Crippen LogP contribution in [0.4, 0.5) is 0 Å². The molecule has 2 amide bonds. The number of amides is 2. The van der Waals surface area contributed by atoms with E-state index in [-0.39, 0.29) is 18.4 Å². The Bertz CT molecular complexity index is 1000. The highest BCUT2D eigenvalue weighted by Crippen LogP contribution is 2.34. The van der Waals surface area contributed by atoms with Crippen molar-refractivity contribution in [2.45, 2.75) is 39.7 Å². The van der Waals surface area contributed by atoms with Gasteiger partial charge in [-0.15, -0.1) is 0 Å². The van der Waals surface area contributed by atoms with Crippen LogP contribution in [0, 0.1) is 13.8 Å². The van der Waals surface area contributed by atoms with Crippen LogP contribution in [0.3, 0.4) is 0 Å². The second-order valence-electron chi connectivity index (χ2n) is 8.11. The molecule has 2 aliphatic rings.